The molecule has 6 nitrogen and oxygen atoms in total. The molecule has 0 atom stereocenters. The summed E-state index contributed by atoms with van der Waals surface area (Å²) in [5.41, 5.74) is 1.65. The summed E-state index contributed by atoms with van der Waals surface area (Å²) in [6.07, 6.45) is 4.17. The van der Waals surface area contributed by atoms with Gasteiger partial charge >= 0.3 is 0 Å². The molecule has 6 heteroatoms. The highest BCUT2D eigenvalue weighted by Crippen LogP contribution is 2.12. The van der Waals surface area contributed by atoms with Gasteiger partial charge in [0.05, 0.1) is 7.11 Å². The standard InChI is InChI=1S/C20H28N4O2/c1-4-12-24(13-5-2)20(25)18-14-19(23-15-22-18)21-11-10-16-6-8-17(26-3)9-7-16/h6-9,14-15H,4-5,10-13H2,1-3H3,(H,21,22,23). The molecule has 0 aliphatic heterocycles. The van der Waals surface area contributed by atoms with Crippen LogP contribution in [0.3, 0.4) is 0 Å². The molecule has 1 heterocycles. The number of nitrogens with zero attached hydrogens (tertiary/aromatic N) is 3. The highest BCUT2D eigenvalue weighted by Gasteiger charge is 2.16. The zero-order valence-corrected chi connectivity index (χ0v) is 15.9. The molecular weight excluding hydrogens is 328 g/mol. The maximum atomic E-state index is 12.6. The van der Waals surface area contributed by atoms with Crippen LogP contribution >= 0.6 is 0 Å². The SMILES string of the molecule is CCCN(CCC)C(=O)c1cc(NCCc2ccc(OC)cc2)ncn1. The number of benzene rings is 1. The van der Waals surface area contributed by atoms with Gasteiger partial charge in [-0.1, -0.05) is 26.0 Å². The maximum absolute atomic E-state index is 12.6. The van der Waals surface area contributed by atoms with Crippen molar-refractivity contribution < 1.29 is 9.53 Å². The molecule has 2 aromatic rings. The lowest BCUT2D eigenvalue weighted by molar-refractivity contribution is 0.0749. The summed E-state index contributed by atoms with van der Waals surface area (Å²) in [5, 5.41) is 3.27. The molecule has 0 aliphatic carbocycles. The van der Waals surface area contributed by atoms with Crippen molar-refractivity contribution in [1.82, 2.24) is 14.9 Å². The molecule has 140 valence electrons. The molecule has 0 aliphatic rings. The van der Waals surface area contributed by atoms with E-state index in [0.717, 1.165) is 44.6 Å². The van der Waals surface area contributed by atoms with Crippen LogP contribution in [0.5, 0.6) is 5.75 Å². The summed E-state index contributed by atoms with van der Waals surface area (Å²) in [4.78, 5) is 22.9. The molecule has 1 aromatic carbocycles. The van der Waals surface area contributed by atoms with Crippen molar-refractivity contribution in [2.45, 2.75) is 33.1 Å². The first-order chi connectivity index (χ1) is 12.7. The Kier molecular flexibility index (Phi) is 7.86. The average molecular weight is 356 g/mol. The normalized spacial score (nSPS) is 10.4. The smallest absolute Gasteiger partial charge is 0.272 e. The number of nitrogens with one attached hydrogen (secondary N) is 1. The molecular formula is C20H28N4O2. The number of amides is 1. The molecule has 0 radical (unpaired) electrons. The minimum Gasteiger partial charge on any atom is -0.497 e. The Morgan fingerprint density at radius 1 is 1.12 bits per heavy atom. The molecule has 2 rings (SSSR count). The van der Waals surface area contributed by atoms with Crippen molar-refractivity contribution in [3.8, 4) is 5.75 Å². The van der Waals surface area contributed by atoms with E-state index in [1.807, 2.05) is 29.2 Å². The third-order valence-corrected chi connectivity index (χ3v) is 4.04. The van der Waals surface area contributed by atoms with E-state index in [0.29, 0.717) is 11.5 Å². The second-order valence-corrected chi connectivity index (χ2v) is 6.11. The molecule has 0 saturated carbocycles. The van der Waals surface area contributed by atoms with Crippen LogP contribution in [0.15, 0.2) is 36.7 Å². The van der Waals surface area contributed by atoms with Gasteiger partial charge in [-0.3, -0.25) is 4.79 Å². The molecule has 0 saturated heterocycles. The van der Waals surface area contributed by atoms with Gasteiger partial charge in [0.25, 0.3) is 5.91 Å². The lowest BCUT2D eigenvalue weighted by Crippen LogP contribution is -2.33. The molecule has 0 unspecified atom stereocenters. The highest BCUT2D eigenvalue weighted by molar-refractivity contribution is 5.92. The Balaban J connectivity index is 1.94. The quantitative estimate of drug-likeness (QED) is 0.707. The van der Waals surface area contributed by atoms with Gasteiger partial charge in [0.2, 0.25) is 0 Å². The number of anilines is 1. The Bertz CT molecular complexity index is 682. The number of rotatable bonds is 10. The third kappa shape index (κ3) is 5.72. The number of aromatic nitrogens is 2. The molecule has 0 bridgehead atoms. The van der Waals surface area contributed by atoms with E-state index in [2.05, 4.69) is 29.1 Å². The largest absolute Gasteiger partial charge is 0.497 e. The van der Waals surface area contributed by atoms with Crippen molar-refractivity contribution in [2.75, 3.05) is 32.1 Å². The molecule has 1 aromatic heterocycles. The summed E-state index contributed by atoms with van der Waals surface area (Å²) < 4.78 is 5.16. The van der Waals surface area contributed by atoms with E-state index in [1.165, 1.54) is 11.9 Å². The van der Waals surface area contributed by atoms with Gasteiger partial charge in [0.1, 0.15) is 23.6 Å². The number of hydrogen-bond acceptors (Lipinski definition) is 5. The van der Waals surface area contributed by atoms with Gasteiger partial charge in [0, 0.05) is 25.7 Å². The summed E-state index contributed by atoms with van der Waals surface area (Å²) in [5.74, 6) is 1.49. The van der Waals surface area contributed by atoms with Crippen LogP contribution in [0.1, 0.15) is 42.7 Å². The number of carbonyl (C=O) groups excluding carboxylic acids is 1. The van der Waals surface area contributed by atoms with Crippen molar-refractivity contribution in [3.05, 3.63) is 47.9 Å². The van der Waals surface area contributed by atoms with Crippen LogP contribution in [0.2, 0.25) is 0 Å². The van der Waals surface area contributed by atoms with Gasteiger partial charge in [-0.25, -0.2) is 9.97 Å². The van der Waals surface area contributed by atoms with Crippen LogP contribution in [-0.4, -0.2) is 47.5 Å². The minimum atomic E-state index is -0.0331. The first-order valence-electron chi connectivity index (χ1n) is 9.16. The maximum Gasteiger partial charge on any atom is 0.272 e. The fraction of sp³-hybridized carbons (Fsp3) is 0.450. The summed E-state index contributed by atoms with van der Waals surface area (Å²) in [6, 6.07) is 9.72. The average Bonchev–Trinajstić information content (AvgIpc) is 2.68. The predicted molar refractivity (Wildman–Crippen MR) is 104 cm³/mol. The number of carbonyl (C=O) groups is 1. The van der Waals surface area contributed by atoms with E-state index in [4.69, 9.17) is 4.74 Å². The second-order valence-electron chi connectivity index (χ2n) is 6.11. The van der Waals surface area contributed by atoms with Gasteiger partial charge in [0.15, 0.2) is 0 Å². The summed E-state index contributed by atoms with van der Waals surface area (Å²) in [7, 11) is 1.66. The zero-order valence-electron chi connectivity index (χ0n) is 15.9. The zero-order chi connectivity index (χ0) is 18.8. The van der Waals surface area contributed by atoms with Crippen molar-refractivity contribution in [2.24, 2.45) is 0 Å². The van der Waals surface area contributed by atoms with Crippen molar-refractivity contribution in [3.63, 3.8) is 0 Å². The first-order valence-corrected chi connectivity index (χ1v) is 9.16. The molecule has 1 N–H and O–H groups in total. The molecule has 0 spiro atoms. The predicted octanol–water partition coefficient (Wildman–Crippen LogP) is 3.40. The monoisotopic (exact) mass is 356 g/mol. The first kappa shape index (κ1) is 19.7. The van der Waals surface area contributed by atoms with E-state index >= 15 is 0 Å². The van der Waals surface area contributed by atoms with Crippen molar-refractivity contribution in [1.29, 1.82) is 0 Å². The minimum absolute atomic E-state index is 0.0331. The Morgan fingerprint density at radius 2 is 1.81 bits per heavy atom. The van der Waals surface area contributed by atoms with Gasteiger partial charge in [-0.05, 0) is 37.0 Å². The number of methoxy groups -OCH3 is 1. The summed E-state index contributed by atoms with van der Waals surface area (Å²) in [6.45, 7) is 6.36. The van der Waals surface area contributed by atoms with E-state index in [1.54, 1.807) is 13.2 Å². The van der Waals surface area contributed by atoms with Crippen LogP contribution in [0.25, 0.3) is 0 Å². The lowest BCUT2D eigenvalue weighted by Gasteiger charge is -2.21. The van der Waals surface area contributed by atoms with Crippen LogP contribution in [0, 0.1) is 0 Å². The number of ether oxygens (including phenoxy) is 1. The summed E-state index contributed by atoms with van der Waals surface area (Å²) >= 11 is 0. The molecule has 0 fully saturated rings. The van der Waals surface area contributed by atoms with Gasteiger partial charge in [-0.15, -0.1) is 0 Å². The van der Waals surface area contributed by atoms with E-state index in [-0.39, 0.29) is 5.91 Å². The molecule has 26 heavy (non-hydrogen) atoms. The van der Waals surface area contributed by atoms with Gasteiger partial charge < -0.3 is 15.0 Å². The van der Waals surface area contributed by atoms with Gasteiger partial charge in [-0.2, -0.15) is 0 Å². The second kappa shape index (κ2) is 10.4. The van der Waals surface area contributed by atoms with Crippen molar-refractivity contribution >= 4 is 11.7 Å². The Labute approximate surface area is 155 Å². The Hall–Kier alpha value is -2.63. The highest BCUT2D eigenvalue weighted by atomic mass is 16.5. The van der Waals surface area contributed by atoms with Crippen LogP contribution < -0.4 is 10.1 Å². The third-order valence-electron chi connectivity index (χ3n) is 4.04. The topological polar surface area (TPSA) is 67.4 Å². The lowest BCUT2D eigenvalue weighted by atomic mass is 10.1. The van der Waals surface area contributed by atoms with E-state index < -0.39 is 0 Å². The van der Waals surface area contributed by atoms with Crippen LogP contribution in [0.4, 0.5) is 5.82 Å². The Morgan fingerprint density at radius 3 is 2.42 bits per heavy atom. The van der Waals surface area contributed by atoms with E-state index in [9.17, 15) is 4.79 Å². The number of hydrogen-bond donors (Lipinski definition) is 1. The fourth-order valence-electron chi connectivity index (χ4n) is 2.71. The van der Waals surface area contributed by atoms with Crippen LogP contribution in [-0.2, 0) is 6.42 Å². The fourth-order valence-corrected chi connectivity index (χ4v) is 2.71. The molecule has 1 amide bonds.